The molecule has 164 valence electrons. The van der Waals surface area contributed by atoms with E-state index in [1.807, 2.05) is 12.1 Å². The second-order valence-electron chi connectivity index (χ2n) is 8.32. The lowest BCUT2D eigenvalue weighted by Gasteiger charge is -2.31. The number of guanidine groups is 1. The van der Waals surface area contributed by atoms with Crippen LogP contribution in [0, 0.1) is 11.2 Å². The van der Waals surface area contributed by atoms with Crippen molar-refractivity contribution in [2.75, 3.05) is 39.5 Å². The quantitative estimate of drug-likeness (QED) is 0.279. The molecule has 1 aromatic rings. The highest BCUT2D eigenvalue weighted by atomic mass is 127. The maximum Gasteiger partial charge on any atom is 0.191 e. The number of nitrogens with one attached hydrogen (secondary N) is 2. The number of benzene rings is 1. The summed E-state index contributed by atoms with van der Waals surface area (Å²) in [6.07, 6.45) is 6.26. The number of halogens is 2. The molecule has 1 heterocycles. The molecule has 5 nitrogen and oxygen atoms in total. The Morgan fingerprint density at radius 1 is 1.17 bits per heavy atom. The van der Waals surface area contributed by atoms with Gasteiger partial charge in [-0.1, -0.05) is 25.0 Å². The summed E-state index contributed by atoms with van der Waals surface area (Å²) in [6, 6.07) is 6.98. The Hall–Kier alpha value is -0.930. The van der Waals surface area contributed by atoms with Gasteiger partial charge in [-0.2, -0.15) is 0 Å². The lowest BCUT2D eigenvalue weighted by molar-refractivity contribution is 0.131. The Morgan fingerprint density at radius 2 is 1.90 bits per heavy atom. The second-order valence-corrected chi connectivity index (χ2v) is 8.32. The van der Waals surface area contributed by atoms with Crippen LogP contribution in [-0.2, 0) is 10.2 Å². The van der Waals surface area contributed by atoms with E-state index in [2.05, 4.69) is 17.6 Å². The Labute approximate surface area is 190 Å². The highest BCUT2D eigenvalue weighted by Gasteiger charge is 2.36. The summed E-state index contributed by atoms with van der Waals surface area (Å²) in [5.74, 6) is 0.618. The summed E-state index contributed by atoms with van der Waals surface area (Å²) >= 11 is 0. The number of aliphatic hydroxyl groups is 1. The van der Waals surface area contributed by atoms with Gasteiger partial charge in [0.2, 0.25) is 0 Å². The maximum absolute atomic E-state index is 13.4. The van der Waals surface area contributed by atoms with Crippen LogP contribution in [0.25, 0.3) is 0 Å². The molecule has 1 atom stereocenters. The van der Waals surface area contributed by atoms with Gasteiger partial charge in [-0.3, -0.25) is 4.99 Å². The molecule has 2 aliphatic rings. The van der Waals surface area contributed by atoms with Crippen LogP contribution in [0.1, 0.15) is 51.0 Å². The average Bonchev–Trinajstić information content (AvgIpc) is 3.36. The number of aliphatic hydroxyl groups excluding tert-OH is 1. The van der Waals surface area contributed by atoms with Crippen LogP contribution >= 0.6 is 24.0 Å². The largest absolute Gasteiger partial charge is 0.396 e. The molecule has 0 aromatic heterocycles. The molecule has 7 heteroatoms. The predicted octanol–water partition coefficient (Wildman–Crippen LogP) is 3.60. The van der Waals surface area contributed by atoms with Crippen LogP contribution in [0.4, 0.5) is 4.39 Å². The highest BCUT2D eigenvalue weighted by molar-refractivity contribution is 14.0. The van der Waals surface area contributed by atoms with E-state index < -0.39 is 0 Å². The third kappa shape index (κ3) is 6.28. The Bertz CT molecular complexity index is 642. The molecule has 3 rings (SSSR count). The van der Waals surface area contributed by atoms with E-state index in [1.54, 1.807) is 12.1 Å². The molecule has 0 spiro atoms. The van der Waals surface area contributed by atoms with E-state index in [9.17, 15) is 9.50 Å². The van der Waals surface area contributed by atoms with Gasteiger partial charge < -0.3 is 20.5 Å². The van der Waals surface area contributed by atoms with Gasteiger partial charge in [-0.25, -0.2) is 4.39 Å². The Morgan fingerprint density at radius 3 is 2.48 bits per heavy atom. The second kappa shape index (κ2) is 11.5. The first-order valence-electron chi connectivity index (χ1n) is 10.6. The van der Waals surface area contributed by atoms with Gasteiger partial charge >= 0.3 is 0 Å². The van der Waals surface area contributed by atoms with Crippen molar-refractivity contribution < 1.29 is 14.2 Å². The van der Waals surface area contributed by atoms with E-state index in [0.717, 1.165) is 51.3 Å². The first-order valence-corrected chi connectivity index (χ1v) is 10.6. The number of hydrogen-bond acceptors (Lipinski definition) is 3. The monoisotopic (exact) mass is 519 g/mol. The van der Waals surface area contributed by atoms with Crippen molar-refractivity contribution in [2.45, 2.75) is 50.9 Å². The molecule has 1 aromatic carbocycles. The molecule has 0 bridgehead atoms. The van der Waals surface area contributed by atoms with Gasteiger partial charge in [0.15, 0.2) is 5.96 Å². The van der Waals surface area contributed by atoms with Crippen LogP contribution in [0.2, 0.25) is 0 Å². The third-order valence-corrected chi connectivity index (χ3v) is 6.36. The van der Waals surface area contributed by atoms with Crippen LogP contribution < -0.4 is 10.6 Å². The number of hydrogen-bond donors (Lipinski definition) is 3. The van der Waals surface area contributed by atoms with E-state index in [4.69, 9.17) is 9.73 Å². The van der Waals surface area contributed by atoms with Crippen molar-refractivity contribution in [3.8, 4) is 0 Å². The van der Waals surface area contributed by atoms with Crippen LogP contribution in [0.5, 0.6) is 0 Å². The van der Waals surface area contributed by atoms with Crippen molar-refractivity contribution in [1.82, 2.24) is 10.6 Å². The smallest absolute Gasteiger partial charge is 0.191 e. The van der Waals surface area contributed by atoms with E-state index in [-0.39, 0.29) is 47.2 Å². The van der Waals surface area contributed by atoms with Crippen molar-refractivity contribution in [1.29, 1.82) is 0 Å². The minimum atomic E-state index is -0.187. The minimum Gasteiger partial charge on any atom is -0.396 e. The number of ether oxygens (including phenoxy) is 1. The topological polar surface area (TPSA) is 65.9 Å². The zero-order chi connectivity index (χ0) is 19.9. The third-order valence-electron chi connectivity index (χ3n) is 6.36. The van der Waals surface area contributed by atoms with Gasteiger partial charge in [0, 0.05) is 37.1 Å². The number of nitrogens with zero attached hydrogens (tertiary/aromatic N) is 1. The summed E-state index contributed by atoms with van der Waals surface area (Å²) < 4.78 is 19.0. The normalized spacial score (nSPS) is 23.6. The molecule has 2 fully saturated rings. The minimum absolute atomic E-state index is 0. The molecule has 1 saturated heterocycles. The van der Waals surface area contributed by atoms with Gasteiger partial charge in [0.05, 0.1) is 13.2 Å². The van der Waals surface area contributed by atoms with Gasteiger partial charge in [0.25, 0.3) is 0 Å². The summed E-state index contributed by atoms with van der Waals surface area (Å²) in [5, 5.41) is 16.3. The standard InChI is InChI=1S/C22H34FN3O2.HI/c1-2-24-20(25-15-21(11-13-27)12-14-28-17-21)26-16-22(9-3-4-10-22)18-5-7-19(23)8-6-18;/h5-8,27H,2-4,9-17H2,1H3,(H2,24,25,26);1H. The molecule has 1 saturated carbocycles. The Balaban J connectivity index is 0.00000300. The summed E-state index contributed by atoms with van der Waals surface area (Å²) in [6.45, 7) is 5.85. The van der Waals surface area contributed by atoms with Gasteiger partial charge in [0.1, 0.15) is 5.82 Å². The van der Waals surface area contributed by atoms with Crippen LogP contribution in [-0.4, -0.2) is 50.5 Å². The first kappa shape index (κ1) is 24.3. The van der Waals surface area contributed by atoms with Crippen molar-refractivity contribution in [3.05, 3.63) is 35.6 Å². The lowest BCUT2D eigenvalue weighted by atomic mass is 9.79. The maximum atomic E-state index is 13.4. The molecular formula is C22H35FIN3O2. The van der Waals surface area contributed by atoms with E-state index >= 15 is 0 Å². The first-order chi connectivity index (χ1) is 13.6. The molecule has 3 N–H and O–H groups in total. The van der Waals surface area contributed by atoms with E-state index in [1.165, 1.54) is 18.4 Å². The van der Waals surface area contributed by atoms with E-state index in [0.29, 0.717) is 13.2 Å². The molecule has 1 aliphatic carbocycles. The van der Waals surface area contributed by atoms with Crippen molar-refractivity contribution in [2.24, 2.45) is 10.4 Å². The molecule has 0 radical (unpaired) electrons. The number of aliphatic imine (C=N–C) groups is 1. The zero-order valence-corrected chi connectivity index (χ0v) is 19.7. The highest BCUT2D eigenvalue weighted by Crippen LogP contribution is 2.40. The fraction of sp³-hybridized carbons (Fsp3) is 0.682. The van der Waals surface area contributed by atoms with Crippen molar-refractivity contribution >= 4 is 29.9 Å². The fourth-order valence-electron chi connectivity index (χ4n) is 4.55. The van der Waals surface area contributed by atoms with Crippen LogP contribution in [0.15, 0.2) is 29.3 Å². The lowest BCUT2D eigenvalue weighted by Crippen LogP contribution is -2.45. The molecule has 1 unspecified atom stereocenters. The predicted molar refractivity (Wildman–Crippen MR) is 126 cm³/mol. The summed E-state index contributed by atoms with van der Waals surface area (Å²) in [4.78, 5) is 4.83. The zero-order valence-electron chi connectivity index (χ0n) is 17.4. The molecular weight excluding hydrogens is 484 g/mol. The van der Waals surface area contributed by atoms with Crippen molar-refractivity contribution in [3.63, 3.8) is 0 Å². The summed E-state index contributed by atoms with van der Waals surface area (Å²) in [5.41, 5.74) is 1.18. The van der Waals surface area contributed by atoms with Gasteiger partial charge in [-0.15, -0.1) is 24.0 Å². The molecule has 1 aliphatic heterocycles. The van der Waals surface area contributed by atoms with Gasteiger partial charge in [-0.05, 0) is 50.3 Å². The number of rotatable bonds is 8. The molecule has 0 amide bonds. The average molecular weight is 519 g/mol. The SMILES string of the molecule is CCNC(=NCC1(CCO)CCOC1)NCC1(c2ccc(F)cc2)CCCC1.I. The Kier molecular flexibility index (Phi) is 9.62. The molecule has 29 heavy (non-hydrogen) atoms. The van der Waals surface area contributed by atoms with Crippen LogP contribution in [0.3, 0.4) is 0 Å². The fourth-order valence-corrected chi connectivity index (χ4v) is 4.55. The summed E-state index contributed by atoms with van der Waals surface area (Å²) in [7, 11) is 0.